The average molecular weight is 305 g/mol. The van der Waals surface area contributed by atoms with Gasteiger partial charge in [0.05, 0.1) is 0 Å². The average Bonchev–Trinajstić information content (AvgIpc) is 2.75. The number of thiophene rings is 1. The SMILES string of the molecule is CC(C)CCC(C)NS(=O)(=O)c1ccsc1C(=O)O. The van der Waals surface area contributed by atoms with Gasteiger partial charge >= 0.3 is 5.97 Å². The normalized spacial score (nSPS) is 13.7. The van der Waals surface area contributed by atoms with Gasteiger partial charge in [0.25, 0.3) is 0 Å². The van der Waals surface area contributed by atoms with Crippen molar-refractivity contribution in [3.63, 3.8) is 0 Å². The number of rotatable bonds is 7. The fourth-order valence-electron chi connectivity index (χ4n) is 1.64. The molecule has 2 N–H and O–H groups in total. The zero-order chi connectivity index (χ0) is 14.6. The number of sulfonamides is 1. The van der Waals surface area contributed by atoms with Crippen LogP contribution in [0.2, 0.25) is 0 Å². The molecule has 7 heteroatoms. The van der Waals surface area contributed by atoms with Gasteiger partial charge in [0, 0.05) is 6.04 Å². The van der Waals surface area contributed by atoms with Crippen molar-refractivity contribution in [2.75, 3.05) is 0 Å². The van der Waals surface area contributed by atoms with E-state index in [1.807, 2.05) is 0 Å². The topological polar surface area (TPSA) is 83.5 Å². The van der Waals surface area contributed by atoms with Crippen molar-refractivity contribution < 1.29 is 18.3 Å². The molecule has 0 aromatic carbocycles. The third kappa shape index (κ3) is 4.59. The first-order valence-corrected chi connectivity index (χ1v) is 8.43. The monoisotopic (exact) mass is 305 g/mol. The van der Waals surface area contributed by atoms with Crippen molar-refractivity contribution in [2.24, 2.45) is 5.92 Å². The van der Waals surface area contributed by atoms with Gasteiger partial charge in [-0.25, -0.2) is 17.9 Å². The van der Waals surface area contributed by atoms with Gasteiger partial charge in [-0.3, -0.25) is 0 Å². The summed E-state index contributed by atoms with van der Waals surface area (Å²) in [6.07, 6.45) is 1.64. The summed E-state index contributed by atoms with van der Waals surface area (Å²) in [7, 11) is -3.76. The summed E-state index contributed by atoms with van der Waals surface area (Å²) < 4.78 is 26.7. The number of carboxylic acids is 1. The third-order valence-corrected chi connectivity index (χ3v) is 5.31. The summed E-state index contributed by atoms with van der Waals surface area (Å²) >= 11 is 0.911. The van der Waals surface area contributed by atoms with Crippen LogP contribution >= 0.6 is 11.3 Å². The summed E-state index contributed by atoms with van der Waals surface area (Å²) in [5.41, 5.74) is 0. The molecular weight excluding hydrogens is 286 g/mol. The van der Waals surface area contributed by atoms with Gasteiger partial charge in [0.15, 0.2) is 0 Å². The van der Waals surface area contributed by atoms with Crippen LogP contribution in [0.25, 0.3) is 0 Å². The largest absolute Gasteiger partial charge is 0.477 e. The van der Waals surface area contributed by atoms with E-state index in [1.54, 1.807) is 6.92 Å². The molecule has 0 saturated heterocycles. The van der Waals surface area contributed by atoms with E-state index in [0.29, 0.717) is 5.92 Å². The van der Waals surface area contributed by atoms with Gasteiger partial charge in [-0.15, -0.1) is 11.3 Å². The summed E-state index contributed by atoms with van der Waals surface area (Å²) in [6.45, 7) is 5.93. The van der Waals surface area contributed by atoms with Gasteiger partial charge in [-0.1, -0.05) is 13.8 Å². The van der Waals surface area contributed by atoms with Crippen LogP contribution in [0.1, 0.15) is 43.3 Å². The molecule has 0 bridgehead atoms. The van der Waals surface area contributed by atoms with Crippen molar-refractivity contribution in [3.8, 4) is 0 Å². The molecule has 0 radical (unpaired) electrons. The van der Waals surface area contributed by atoms with Crippen LogP contribution < -0.4 is 4.72 Å². The molecule has 0 spiro atoms. The Labute approximate surface area is 117 Å². The molecule has 1 heterocycles. The van der Waals surface area contributed by atoms with Crippen molar-refractivity contribution in [2.45, 2.75) is 44.6 Å². The Balaban J connectivity index is 2.81. The summed E-state index contributed by atoms with van der Waals surface area (Å²) in [5.74, 6) is -0.715. The lowest BCUT2D eigenvalue weighted by Crippen LogP contribution is -2.33. The lowest BCUT2D eigenvalue weighted by atomic mass is 10.1. The van der Waals surface area contributed by atoms with Crippen LogP contribution in [0.5, 0.6) is 0 Å². The Morgan fingerprint density at radius 3 is 2.53 bits per heavy atom. The highest BCUT2D eigenvalue weighted by Gasteiger charge is 2.25. The first-order valence-electron chi connectivity index (χ1n) is 6.07. The minimum absolute atomic E-state index is 0.149. The Hall–Kier alpha value is -0.920. The highest BCUT2D eigenvalue weighted by atomic mass is 32.2. The molecule has 1 aromatic heterocycles. The number of carbonyl (C=O) groups is 1. The van der Waals surface area contributed by atoms with E-state index in [-0.39, 0.29) is 15.8 Å². The Morgan fingerprint density at radius 2 is 2.00 bits per heavy atom. The van der Waals surface area contributed by atoms with Crippen LogP contribution in [0.4, 0.5) is 0 Å². The lowest BCUT2D eigenvalue weighted by molar-refractivity contribution is 0.0698. The maximum atomic E-state index is 12.1. The van der Waals surface area contributed by atoms with Crippen LogP contribution in [-0.2, 0) is 10.0 Å². The molecule has 0 aliphatic heterocycles. The van der Waals surface area contributed by atoms with Crippen molar-refractivity contribution in [1.82, 2.24) is 4.72 Å². The second-order valence-electron chi connectivity index (χ2n) is 4.91. The van der Waals surface area contributed by atoms with Gasteiger partial charge in [0.2, 0.25) is 10.0 Å². The highest BCUT2D eigenvalue weighted by Crippen LogP contribution is 2.22. The lowest BCUT2D eigenvalue weighted by Gasteiger charge is -2.15. The van der Waals surface area contributed by atoms with Crippen LogP contribution in [0.15, 0.2) is 16.3 Å². The first kappa shape index (κ1) is 16.1. The highest BCUT2D eigenvalue weighted by molar-refractivity contribution is 7.89. The van der Waals surface area contributed by atoms with Gasteiger partial charge in [0.1, 0.15) is 9.77 Å². The Morgan fingerprint density at radius 1 is 1.37 bits per heavy atom. The molecule has 1 rings (SSSR count). The maximum absolute atomic E-state index is 12.1. The fourth-order valence-corrected chi connectivity index (χ4v) is 4.17. The second-order valence-corrected chi connectivity index (χ2v) is 7.51. The van der Waals surface area contributed by atoms with Crippen molar-refractivity contribution >= 4 is 27.3 Å². The predicted octanol–water partition coefficient (Wildman–Crippen LogP) is 2.55. The number of nitrogens with one attached hydrogen (secondary N) is 1. The maximum Gasteiger partial charge on any atom is 0.347 e. The van der Waals surface area contributed by atoms with E-state index in [9.17, 15) is 13.2 Å². The van der Waals surface area contributed by atoms with Crippen molar-refractivity contribution in [1.29, 1.82) is 0 Å². The number of aromatic carboxylic acids is 1. The minimum Gasteiger partial charge on any atom is -0.477 e. The first-order chi connectivity index (χ1) is 8.74. The van der Waals surface area contributed by atoms with Crippen molar-refractivity contribution in [3.05, 3.63) is 16.3 Å². The number of hydrogen-bond acceptors (Lipinski definition) is 4. The molecule has 0 amide bonds. The Kier molecular flexibility index (Phi) is 5.51. The molecule has 0 saturated carbocycles. The van der Waals surface area contributed by atoms with Crippen LogP contribution in [-0.4, -0.2) is 25.5 Å². The Bertz CT molecular complexity index is 534. The van der Waals surface area contributed by atoms with E-state index in [4.69, 9.17) is 5.11 Å². The molecule has 1 unspecified atom stereocenters. The third-order valence-electron chi connectivity index (χ3n) is 2.65. The summed E-state index contributed by atoms with van der Waals surface area (Å²) in [5, 5.41) is 10.4. The standard InChI is InChI=1S/C12H19NO4S2/c1-8(2)4-5-9(3)13-19(16,17)10-6-7-18-11(10)12(14)15/h6-9,13H,4-5H2,1-3H3,(H,14,15). The number of hydrogen-bond donors (Lipinski definition) is 2. The zero-order valence-electron chi connectivity index (χ0n) is 11.2. The molecule has 0 fully saturated rings. The molecule has 19 heavy (non-hydrogen) atoms. The van der Waals surface area contributed by atoms with Gasteiger partial charge in [-0.2, -0.15) is 0 Å². The minimum atomic E-state index is -3.76. The quantitative estimate of drug-likeness (QED) is 0.811. The second kappa shape index (κ2) is 6.49. The summed E-state index contributed by atoms with van der Waals surface area (Å²) in [6, 6.07) is 1.11. The zero-order valence-corrected chi connectivity index (χ0v) is 12.8. The van der Waals surface area contributed by atoms with E-state index in [0.717, 1.165) is 24.2 Å². The van der Waals surface area contributed by atoms with E-state index in [2.05, 4.69) is 18.6 Å². The molecule has 0 aliphatic rings. The molecule has 5 nitrogen and oxygen atoms in total. The smallest absolute Gasteiger partial charge is 0.347 e. The molecule has 0 aliphatic carbocycles. The van der Waals surface area contributed by atoms with E-state index >= 15 is 0 Å². The fraction of sp³-hybridized carbons (Fsp3) is 0.583. The van der Waals surface area contributed by atoms with Gasteiger partial charge < -0.3 is 5.11 Å². The molecule has 108 valence electrons. The predicted molar refractivity (Wildman–Crippen MR) is 75.1 cm³/mol. The number of carboxylic acid groups (broad SMARTS) is 1. The molecular formula is C12H19NO4S2. The molecule has 1 atom stereocenters. The van der Waals surface area contributed by atoms with E-state index < -0.39 is 16.0 Å². The molecule has 1 aromatic rings. The van der Waals surface area contributed by atoms with E-state index in [1.165, 1.54) is 11.4 Å². The van der Waals surface area contributed by atoms with Gasteiger partial charge in [-0.05, 0) is 37.1 Å². The van der Waals surface area contributed by atoms with Crippen LogP contribution in [0.3, 0.4) is 0 Å². The summed E-state index contributed by atoms with van der Waals surface area (Å²) in [4.78, 5) is 10.6. The van der Waals surface area contributed by atoms with Crippen LogP contribution in [0, 0.1) is 5.92 Å².